The highest BCUT2D eigenvalue weighted by atomic mass is 19.1. The lowest BCUT2D eigenvalue weighted by molar-refractivity contribution is -0.110. The van der Waals surface area contributed by atoms with E-state index in [1.54, 1.807) is 6.07 Å². The molecule has 3 atom stereocenters. The molecule has 2 aromatic carbocycles. The van der Waals surface area contributed by atoms with Crippen LogP contribution in [-0.2, 0) is 9.63 Å². The van der Waals surface area contributed by atoms with Crippen LogP contribution in [0.25, 0.3) is 5.57 Å². The second kappa shape index (κ2) is 6.90. The van der Waals surface area contributed by atoms with Gasteiger partial charge >= 0.3 is 0 Å². The zero-order valence-electron chi connectivity index (χ0n) is 16.8. The molecule has 2 fully saturated rings. The molecule has 1 aliphatic carbocycles. The maximum atomic E-state index is 13.9. The molecule has 0 radical (unpaired) electrons. The number of halogens is 1. The van der Waals surface area contributed by atoms with Gasteiger partial charge in [-0.2, -0.15) is 0 Å². The Morgan fingerprint density at radius 3 is 2.71 bits per heavy atom. The predicted octanol–water partition coefficient (Wildman–Crippen LogP) is 2.22. The number of amides is 1. The number of para-hydroxylation sites is 1. The quantitative estimate of drug-likeness (QED) is 0.402. The lowest BCUT2D eigenvalue weighted by atomic mass is 10.0. The van der Waals surface area contributed by atoms with E-state index >= 15 is 0 Å². The Morgan fingerprint density at radius 1 is 1.10 bits per heavy atom. The van der Waals surface area contributed by atoms with Gasteiger partial charge in [-0.25, -0.2) is 4.39 Å². The lowest BCUT2D eigenvalue weighted by Crippen LogP contribution is -2.30. The Labute approximate surface area is 178 Å². The minimum absolute atomic E-state index is 0.295. The first-order chi connectivity index (χ1) is 15.1. The van der Waals surface area contributed by atoms with Crippen LogP contribution in [0.5, 0.6) is 0 Å². The maximum Gasteiger partial charge on any atom is 0.258 e. The second-order valence-corrected chi connectivity index (χ2v) is 8.50. The molecule has 158 valence electrons. The number of nitrogens with one attached hydrogen (secondary N) is 2. The Balaban J connectivity index is 1.28. The predicted molar refractivity (Wildman–Crippen MR) is 116 cm³/mol. The van der Waals surface area contributed by atoms with Gasteiger partial charge in [0.25, 0.3) is 5.91 Å². The van der Waals surface area contributed by atoms with E-state index in [-0.39, 0.29) is 5.91 Å². The Kier molecular flexibility index (Phi) is 4.12. The largest absolute Gasteiger partial charge is 0.394 e. The minimum atomic E-state index is -0.401. The summed E-state index contributed by atoms with van der Waals surface area (Å²) in [7, 11) is 0. The number of likely N-dealkylation sites (tertiary alicyclic amines) is 1. The molecule has 1 saturated heterocycles. The van der Waals surface area contributed by atoms with Gasteiger partial charge in [-0.05, 0) is 36.1 Å². The van der Waals surface area contributed by atoms with Crippen molar-refractivity contribution >= 4 is 28.6 Å². The molecule has 4 N–H and O–H groups in total. The van der Waals surface area contributed by atoms with Gasteiger partial charge in [0.15, 0.2) is 0 Å². The fourth-order valence-electron chi connectivity index (χ4n) is 4.91. The van der Waals surface area contributed by atoms with Crippen LogP contribution >= 0.6 is 0 Å². The normalized spacial score (nSPS) is 29.4. The maximum absolute atomic E-state index is 13.9. The van der Waals surface area contributed by atoms with Crippen LogP contribution in [0.1, 0.15) is 11.1 Å². The van der Waals surface area contributed by atoms with Gasteiger partial charge in [-0.15, -0.1) is 0 Å². The van der Waals surface area contributed by atoms with E-state index in [1.807, 2.05) is 24.3 Å². The molecule has 3 heterocycles. The van der Waals surface area contributed by atoms with E-state index in [0.717, 1.165) is 30.9 Å². The number of carbonyl (C=O) groups is 1. The van der Waals surface area contributed by atoms with Gasteiger partial charge in [0.05, 0.1) is 11.3 Å². The molecule has 6 rings (SSSR count). The molecule has 0 unspecified atom stereocenters. The number of nitrogens with zero attached hydrogens (tertiary/aromatic N) is 2. The Hall–Kier alpha value is -3.23. The molecule has 0 bridgehead atoms. The summed E-state index contributed by atoms with van der Waals surface area (Å²) >= 11 is 0. The van der Waals surface area contributed by atoms with Crippen LogP contribution in [0.2, 0.25) is 0 Å². The van der Waals surface area contributed by atoms with Crippen LogP contribution in [0.3, 0.4) is 0 Å². The molecule has 7 nitrogen and oxygen atoms in total. The molecule has 2 aromatic rings. The number of anilines is 2. The third-order valence-corrected chi connectivity index (χ3v) is 6.65. The third-order valence-electron chi connectivity index (χ3n) is 6.65. The van der Waals surface area contributed by atoms with Crippen molar-refractivity contribution in [1.82, 2.24) is 4.90 Å². The number of fused-ring (bicyclic) bond motifs is 3. The molecule has 1 saturated carbocycles. The zero-order chi connectivity index (χ0) is 21.1. The van der Waals surface area contributed by atoms with Gasteiger partial charge in [0.2, 0.25) is 0 Å². The first-order valence-corrected chi connectivity index (χ1v) is 10.5. The highest BCUT2D eigenvalue weighted by Crippen LogP contribution is 2.43. The number of benzene rings is 2. The van der Waals surface area contributed by atoms with E-state index < -0.39 is 5.82 Å². The number of nitrogens with two attached hydrogens (primary N) is 1. The molecule has 0 spiro atoms. The smallest absolute Gasteiger partial charge is 0.258 e. The van der Waals surface area contributed by atoms with Crippen LogP contribution in [0.4, 0.5) is 15.8 Å². The lowest BCUT2D eigenvalue weighted by Gasteiger charge is -2.17. The standard InChI is InChI=1S/C23H22FN5O2/c24-12-5-6-18-14(9-12)19(23(30)27-18)22-21(13-3-1-2-4-17(13)26-22)28-31-8-7-29-10-15-16(11-29)20(15)25/h1-6,9,15-16,20,26H,7-8,10-11,25H2,(H,27,30)/b22-19-,28-21+/t15-,16+,20-. The summed E-state index contributed by atoms with van der Waals surface area (Å²) in [6.45, 7) is 3.27. The number of carbonyl (C=O) groups excluding carboxylic acids is 1. The highest BCUT2D eigenvalue weighted by Gasteiger charge is 2.53. The van der Waals surface area contributed by atoms with Crippen LogP contribution in [0.15, 0.2) is 53.3 Å². The fourth-order valence-corrected chi connectivity index (χ4v) is 4.91. The van der Waals surface area contributed by atoms with Gasteiger partial charge in [0.1, 0.15) is 18.1 Å². The van der Waals surface area contributed by atoms with Crippen molar-refractivity contribution in [1.29, 1.82) is 0 Å². The summed E-state index contributed by atoms with van der Waals surface area (Å²) in [5.41, 5.74) is 10.2. The minimum Gasteiger partial charge on any atom is -0.394 e. The number of piperidine rings is 1. The molecule has 4 aliphatic rings. The number of rotatable bonds is 4. The van der Waals surface area contributed by atoms with Crippen molar-refractivity contribution in [2.24, 2.45) is 22.7 Å². The number of allylic oxidation sites excluding steroid dienone is 1. The van der Waals surface area contributed by atoms with Crippen molar-refractivity contribution in [3.8, 4) is 0 Å². The summed E-state index contributed by atoms with van der Waals surface area (Å²) < 4.78 is 13.9. The summed E-state index contributed by atoms with van der Waals surface area (Å²) in [6, 6.07) is 12.3. The molecular formula is C23H22FN5O2. The summed E-state index contributed by atoms with van der Waals surface area (Å²) in [4.78, 5) is 20.8. The SMILES string of the molecule is N[C@H]1[C@H]2CN(CCO/N=C3/C(=C4/C(=O)Nc5ccc(F)cc54)Nc4ccccc43)C[C@@H]12. The molecule has 1 amide bonds. The summed E-state index contributed by atoms with van der Waals surface area (Å²) in [6.07, 6.45) is 0. The summed E-state index contributed by atoms with van der Waals surface area (Å²) in [5.74, 6) is 0.572. The van der Waals surface area contributed by atoms with Crippen molar-refractivity contribution < 1.29 is 14.0 Å². The Morgan fingerprint density at radius 2 is 1.87 bits per heavy atom. The van der Waals surface area contributed by atoms with Crippen molar-refractivity contribution in [2.45, 2.75) is 6.04 Å². The van der Waals surface area contributed by atoms with Crippen molar-refractivity contribution in [3.63, 3.8) is 0 Å². The number of hydrogen-bond donors (Lipinski definition) is 3. The van der Waals surface area contributed by atoms with E-state index in [2.05, 4.69) is 20.7 Å². The summed E-state index contributed by atoms with van der Waals surface area (Å²) in [5, 5.41) is 10.5. The Bertz CT molecular complexity index is 1150. The highest BCUT2D eigenvalue weighted by molar-refractivity contribution is 6.39. The molecule has 0 aromatic heterocycles. The molecular weight excluding hydrogens is 397 g/mol. The molecule has 31 heavy (non-hydrogen) atoms. The molecule has 3 aliphatic heterocycles. The zero-order valence-corrected chi connectivity index (χ0v) is 16.8. The number of hydrogen-bond acceptors (Lipinski definition) is 6. The number of oxime groups is 1. The van der Waals surface area contributed by atoms with Crippen molar-refractivity contribution in [2.75, 3.05) is 36.9 Å². The topological polar surface area (TPSA) is 92.0 Å². The molecule has 8 heteroatoms. The van der Waals surface area contributed by atoms with Gasteiger partial charge in [0, 0.05) is 48.2 Å². The van der Waals surface area contributed by atoms with Crippen LogP contribution < -0.4 is 16.4 Å². The second-order valence-electron chi connectivity index (χ2n) is 8.50. The third kappa shape index (κ3) is 3.02. The fraction of sp³-hybridized carbons (Fsp3) is 0.304. The monoisotopic (exact) mass is 419 g/mol. The van der Waals surface area contributed by atoms with Crippen LogP contribution in [0, 0.1) is 17.7 Å². The first kappa shape index (κ1) is 18.5. The van der Waals surface area contributed by atoms with E-state index in [4.69, 9.17) is 10.6 Å². The van der Waals surface area contributed by atoms with Gasteiger partial charge < -0.3 is 21.2 Å². The van der Waals surface area contributed by atoms with Gasteiger partial charge in [-0.1, -0.05) is 23.4 Å². The van der Waals surface area contributed by atoms with Crippen LogP contribution in [-0.4, -0.2) is 48.8 Å². The van der Waals surface area contributed by atoms with Crippen molar-refractivity contribution in [3.05, 3.63) is 65.1 Å². The van der Waals surface area contributed by atoms with E-state index in [9.17, 15) is 9.18 Å². The van der Waals surface area contributed by atoms with E-state index in [1.165, 1.54) is 12.1 Å². The van der Waals surface area contributed by atoms with E-state index in [0.29, 0.717) is 52.7 Å². The average molecular weight is 419 g/mol. The first-order valence-electron chi connectivity index (χ1n) is 10.5. The van der Waals surface area contributed by atoms with Gasteiger partial charge in [-0.3, -0.25) is 9.69 Å². The average Bonchev–Trinajstić information content (AvgIpc) is 3.15.